The maximum Gasteiger partial charge on any atom is 0.242 e. The molecule has 2 fully saturated rings. The zero-order valence-electron chi connectivity index (χ0n) is 14.5. The van der Waals surface area contributed by atoms with Gasteiger partial charge in [-0.3, -0.25) is 9.69 Å². The standard InChI is InChI=1S/C19H28N2O3/c1-23-17-9-7-15(8-10-17)18(21-11-13-24-14-12-21)19(22)20-16-5-3-2-4-6-16/h7-10,16,18H,2-6,11-14H2,1H3,(H,20,22). The summed E-state index contributed by atoms with van der Waals surface area (Å²) in [6, 6.07) is 7.93. The monoisotopic (exact) mass is 332 g/mol. The van der Waals surface area contributed by atoms with Gasteiger partial charge < -0.3 is 14.8 Å². The molecule has 0 bridgehead atoms. The predicted octanol–water partition coefficient (Wildman–Crippen LogP) is 2.52. The number of amides is 1. The molecule has 1 N–H and O–H groups in total. The number of ether oxygens (including phenoxy) is 2. The van der Waals surface area contributed by atoms with Gasteiger partial charge >= 0.3 is 0 Å². The van der Waals surface area contributed by atoms with Crippen LogP contribution in [-0.2, 0) is 9.53 Å². The molecule has 5 nitrogen and oxygen atoms in total. The fraction of sp³-hybridized carbons (Fsp3) is 0.632. The third-order valence-corrected chi connectivity index (χ3v) is 5.04. The Labute approximate surface area is 144 Å². The van der Waals surface area contributed by atoms with E-state index in [9.17, 15) is 4.79 Å². The van der Waals surface area contributed by atoms with E-state index in [4.69, 9.17) is 9.47 Å². The molecule has 1 aliphatic carbocycles. The van der Waals surface area contributed by atoms with Crippen molar-refractivity contribution in [3.8, 4) is 5.75 Å². The van der Waals surface area contributed by atoms with Crippen molar-refractivity contribution in [1.82, 2.24) is 10.2 Å². The summed E-state index contributed by atoms with van der Waals surface area (Å²) in [5, 5.41) is 3.29. The number of morpholine rings is 1. The molecule has 0 spiro atoms. The average molecular weight is 332 g/mol. The Morgan fingerprint density at radius 2 is 1.83 bits per heavy atom. The number of methoxy groups -OCH3 is 1. The van der Waals surface area contributed by atoms with Crippen LogP contribution in [-0.4, -0.2) is 50.3 Å². The molecule has 1 saturated carbocycles. The Bertz CT molecular complexity index is 520. The Kier molecular flexibility index (Phi) is 6.10. The molecular formula is C19H28N2O3. The molecule has 132 valence electrons. The van der Waals surface area contributed by atoms with Crippen molar-refractivity contribution in [2.75, 3.05) is 33.4 Å². The average Bonchev–Trinajstić information content (AvgIpc) is 2.64. The lowest BCUT2D eigenvalue weighted by molar-refractivity contribution is -0.129. The van der Waals surface area contributed by atoms with Gasteiger partial charge in [0.1, 0.15) is 11.8 Å². The molecule has 1 aliphatic heterocycles. The number of benzene rings is 1. The molecule has 5 heteroatoms. The second-order valence-corrected chi connectivity index (χ2v) is 6.67. The topological polar surface area (TPSA) is 50.8 Å². The summed E-state index contributed by atoms with van der Waals surface area (Å²) < 4.78 is 10.7. The highest BCUT2D eigenvalue weighted by molar-refractivity contribution is 5.83. The van der Waals surface area contributed by atoms with E-state index in [-0.39, 0.29) is 11.9 Å². The molecule has 0 radical (unpaired) electrons. The number of nitrogens with zero attached hydrogens (tertiary/aromatic N) is 1. The minimum Gasteiger partial charge on any atom is -0.497 e. The van der Waals surface area contributed by atoms with Crippen molar-refractivity contribution in [3.05, 3.63) is 29.8 Å². The van der Waals surface area contributed by atoms with Gasteiger partial charge in [0.2, 0.25) is 5.91 Å². The molecule has 1 aromatic rings. The van der Waals surface area contributed by atoms with Gasteiger partial charge in [-0.05, 0) is 30.5 Å². The molecule has 1 aromatic carbocycles. The summed E-state index contributed by atoms with van der Waals surface area (Å²) in [5.74, 6) is 0.932. The molecule has 2 aliphatic rings. The van der Waals surface area contributed by atoms with E-state index in [1.807, 2.05) is 24.3 Å². The van der Waals surface area contributed by atoms with E-state index in [1.165, 1.54) is 19.3 Å². The highest BCUT2D eigenvalue weighted by atomic mass is 16.5. The number of hydrogen-bond acceptors (Lipinski definition) is 4. The van der Waals surface area contributed by atoms with Crippen molar-refractivity contribution >= 4 is 5.91 Å². The number of rotatable bonds is 5. The zero-order chi connectivity index (χ0) is 16.8. The highest BCUT2D eigenvalue weighted by Crippen LogP contribution is 2.26. The minimum atomic E-state index is -0.248. The fourth-order valence-corrected chi connectivity index (χ4v) is 3.68. The molecule has 1 heterocycles. The van der Waals surface area contributed by atoms with E-state index in [0.29, 0.717) is 19.3 Å². The summed E-state index contributed by atoms with van der Waals surface area (Å²) in [5.41, 5.74) is 1.02. The SMILES string of the molecule is COc1ccc(C(C(=O)NC2CCCCC2)N2CCOCC2)cc1. The number of carbonyl (C=O) groups is 1. The smallest absolute Gasteiger partial charge is 0.242 e. The van der Waals surface area contributed by atoms with Gasteiger partial charge in [0, 0.05) is 19.1 Å². The minimum absolute atomic E-state index is 0.119. The first-order valence-corrected chi connectivity index (χ1v) is 9.04. The lowest BCUT2D eigenvalue weighted by Gasteiger charge is -2.35. The predicted molar refractivity (Wildman–Crippen MR) is 93.1 cm³/mol. The van der Waals surface area contributed by atoms with Crippen LogP contribution in [0.25, 0.3) is 0 Å². The Morgan fingerprint density at radius 3 is 2.46 bits per heavy atom. The van der Waals surface area contributed by atoms with Crippen LogP contribution < -0.4 is 10.1 Å². The molecule has 24 heavy (non-hydrogen) atoms. The molecule has 0 aromatic heterocycles. The van der Waals surface area contributed by atoms with Gasteiger partial charge in [0.25, 0.3) is 0 Å². The largest absolute Gasteiger partial charge is 0.497 e. The number of carbonyl (C=O) groups excluding carboxylic acids is 1. The van der Waals surface area contributed by atoms with E-state index in [0.717, 1.165) is 37.2 Å². The highest BCUT2D eigenvalue weighted by Gasteiger charge is 2.30. The number of nitrogens with one attached hydrogen (secondary N) is 1. The van der Waals surface area contributed by atoms with Gasteiger partial charge in [-0.2, -0.15) is 0 Å². The van der Waals surface area contributed by atoms with E-state index in [1.54, 1.807) is 7.11 Å². The quantitative estimate of drug-likeness (QED) is 0.900. The molecule has 3 rings (SSSR count). The fourth-order valence-electron chi connectivity index (χ4n) is 3.68. The van der Waals surface area contributed by atoms with E-state index in [2.05, 4.69) is 10.2 Å². The summed E-state index contributed by atoms with van der Waals surface area (Å²) in [6.07, 6.45) is 5.93. The molecule has 1 atom stereocenters. The molecule has 1 unspecified atom stereocenters. The Morgan fingerprint density at radius 1 is 1.17 bits per heavy atom. The number of hydrogen-bond donors (Lipinski definition) is 1. The summed E-state index contributed by atoms with van der Waals surface area (Å²) >= 11 is 0. The maximum atomic E-state index is 13.0. The lowest BCUT2D eigenvalue weighted by Crippen LogP contribution is -2.48. The van der Waals surface area contributed by atoms with Gasteiger partial charge in [-0.25, -0.2) is 0 Å². The van der Waals surface area contributed by atoms with Crippen LogP contribution >= 0.6 is 0 Å². The van der Waals surface area contributed by atoms with Crippen LogP contribution in [0.5, 0.6) is 5.75 Å². The van der Waals surface area contributed by atoms with Crippen molar-refractivity contribution in [2.24, 2.45) is 0 Å². The van der Waals surface area contributed by atoms with E-state index >= 15 is 0 Å². The van der Waals surface area contributed by atoms with Crippen molar-refractivity contribution in [3.63, 3.8) is 0 Å². The molecule has 1 saturated heterocycles. The van der Waals surface area contributed by atoms with Crippen LogP contribution in [0.1, 0.15) is 43.7 Å². The zero-order valence-corrected chi connectivity index (χ0v) is 14.5. The first kappa shape index (κ1) is 17.2. The molecular weight excluding hydrogens is 304 g/mol. The van der Waals surface area contributed by atoms with Crippen molar-refractivity contribution in [1.29, 1.82) is 0 Å². The first-order valence-electron chi connectivity index (χ1n) is 9.04. The summed E-state index contributed by atoms with van der Waals surface area (Å²) in [4.78, 5) is 15.3. The van der Waals surface area contributed by atoms with Gasteiger partial charge in [0.15, 0.2) is 0 Å². The lowest BCUT2D eigenvalue weighted by atomic mass is 9.94. The van der Waals surface area contributed by atoms with E-state index < -0.39 is 0 Å². The van der Waals surface area contributed by atoms with Gasteiger partial charge in [-0.1, -0.05) is 31.4 Å². The first-order chi connectivity index (χ1) is 11.8. The van der Waals surface area contributed by atoms with Crippen LogP contribution in [0.2, 0.25) is 0 Å². The van der Waals surface area contributed by atoms with Crippen LogP contribution in [0, 0.1) is 0 Å². The van der Waals surface area contributed by atoms with Crippen molar-refractivity contribution in [2.45, 2.75) is 44.2 Å². The Balaban J connectivity index is 1.75. The summed E-state index contributed by atoms with van der Waals surface area (Å²) in [6.45, 7) is 2.94. The Hall–Kier alpha value is -1.59. The summed E-state index contributed by atoms with van der Waals surface area (Å²) in [7, 11) is 1.66. The third-order valence-electron chi connectivity index (χ3n) is 5.04. The van der Waals surface area contributed by atoms with Crippen LogP contribution in [0.4, 0.5) is 0 Å². The van der Waals surface area contributed by atoms with Gasteiger partial charge in [-0.15, -0.1) is 0 Å². The van der Waals surface area contributed by atoms with Crippen LogP contribution in [0.3, 0.4) is 0 Å². The maximum absolute atomic E-state index is 13.0. The van der Waals surface area contributed by atoms with Crippen molar-refractivity contribution < 1.29 is 14.3 Å². The normalized spacial score (nSPS) is 21.2. The third kappa shape index (κ3) is 4.28. The second-order valence-electron chi connectivity index (χ2n) is 6.67. The molecule has 1 amide bonds. The van der Waals surface area contributed by atoms with Gasteiger partial charge in [0.05, 0.1) is 20.3 Å². The van der Waals surface area contributed by atoms with Crippen LogP contribution in [0.15, 0.2) is 24.3 Å². The second kappa shape index (κ2) is 8.49.